The monoisotopic (exact) mass is 1940 g/mol. The summed E-state index contributed by atoms with van der Waals surface area (Å²) in [5.41, 5.74) is 35.8. The van der Waals surface area contributed by atoms with Gasteiger partial charge in [-0.25, -0.2) is 0 Å². The Morgan fingerprint density at radius 3 is 0.726 bits per heavy atom. The van der Waals surface area contributed by atoms with Crippen molar-refractivity contribution in [2.75, 3.05) is 0 Å². The van der Waals surface area contributed by atoms with Crippen LogP contribution in [0.5, 0.6) is 0 Å². The van der Waals surface area contributed by atoms with Crippen molar-refractivity contribution < 1.29 is 40.2 Å². The molecule has 23 rings (SSSR count). The zero-order valence-corrected chi connectivity index (χ0v) is 72.4. The Morgan fingerprint density at radius 1 is 0.226 bits per heavy atom. The maximum absolute atomic E-state index is 5.23. The third-order valence-electron chi connectivity index (χ3n) is 23.8. The van der Waals surface area contributed by atoms with Crippen LogP contribution in [0, 0.1) is 64.1 Å². The van der Waals surface area contributed by atoms with E-state index in [1.54, 1.807) is 0 Å². The number of aryl methyl sites for hydroxylation is 4. The second-order valence-corrected chi connectivity index (χ2v) is 31.7. The Kier molecular flexibility index (Phi) is 19.4. The van der Waals surface area contributed by atoms with Gasteiger partial charge in [0.2, 0.25) is 0 Å². The minimum Gasteiger partial charge on any atom is -0.347 e. The molecule has 0 radical (unpaired) electrons. The fraction of sp³-hybridized carbons (Fsp3) is 0.0357. The van der Waals surface area contributed by atoms with E-state index in [0.29, 0.717) is 5.82 Å². The largest absolute Gasteiger partial charge is 3.00 e. The third kappa shape index (κ3) is 13.7. The number of nitrogens with zero attached hydrogens (tertiary/aromatic N) is 10. The first kappa shape index (κ1) is 76.6. The third-order valence-corrected chi connectivity index (χ3v) is 23.8. The molecule has 9 heterocycles. The first-order valence-electron chi connectivity index (χ1n) is 41.0. The molecule has 124 heavy (non-hydrogen) atoms. The summed E-state index contributed by atoms with van der Waals surface area (Å²) in [4.78, 5) is 29.6. The van der Waals surface area contributed by atoms with Crippen LogP contribution in [0.15, 0.2) is 353 Å². The van der Waals surface area contributed by atoms with Crippen LogP contribution >= 0.6 is 0 Å². The van der Waals surface area contributed by atoms with E-state index in [1.807, 2.05) is 40.0 Å². The smallest absolute Gasteiger partial charge is 0.347 e. The molecule has 0 aliphatic heterocycles. The number of aromatic nitrogens is 10. The fourth-order valence-electron chi connectivity index (χ4n) is 18.1. The number of rotatable bonds is 14. The predicted octanol–water partition coefficient (Wildman–Crippen LogP) is 27.0. The van der Waals surface area contributed by atoms with Crippen molar-refractivity contribution in [1.82, 2.24) is 47.5 Å². The van der Waals surface area contributed by atoms with Crippen molar-refractivity contribution >= 4 is 65.7 Å². The number of pyridine rings is 4. The Bertz CT molecular complexity index is 7370. The molecule has 0 saturated carbocycles. The SMILES string of the molecule is Cc1cn2ccc3cc(-c4ccccc4-c4cc(-c5ccccc5-c5c[c-]c(-c6ccnc(-c7[c-]cc(-c8ccccc8-c8cc(-c9ccccc9-c9c[c-]c%10c(ccn%11cc(C)nc%10%11)c9)cc(-c9ccccc9-c9c[c-]c%10c(ccn%11cc(C)nc%10%11)c9)c8)cc7)n6)cc5)cc(-c5ccccc5-c5c[c-]c6c(ccn7cc(C)nc67)c5)c4)c[c-]c3c2n1.[Ir+3].[Ir+3]. The Balaban J connectivity index is 0.00000471. The molecule has 0 amide bonds. The second-order valence-electron chi connectivity index (χ2n) is 31.7. The number of imidazole rings is 4. The fourth-order valence-corrected chi connectivity index (χ4v) is 18.1. The van der Waals surface area contributed by atoms with E-state index in [2.05, 4.69) is 395 Å². The van der Waals surface area contributed by atoms with Gasteiger partial charge in [0.15, 0.2) is 0 Å². The molecule has 10 nitrogen and oxygen atoms in total. The minimum atomic E-state index is 0. The normalized spacial score (nSPS) is 11.6. The summed E-state index contributed by atoms with van der Waals surface area (Å²) in [7, 11) is 0. The molecule has 0 spiro atoms. The molecule has 9 aromatic heterocycles. The molecule has 23 aromatic rings. The van der Waals surface area contributed by atoms with Crippen LogP contribution in [0.3, 0.4) is 0 Å². The van der Waals surface area contributed by atoms with E-state index in [9.17, 15) is 0 Å². The van der Waals surface area contributed by atoms with Crippen molar-refractivity contribution in [2.45, 2.75) is 27.7 Å². The van der Waals surface area contributed by atoms with Crippen molar-refractivity contribution in [3.63, 3.8) is 0 Å². The molecule has 0 aliphatic carbocycles. The zero-order valence-electron chi connectivity index (χ0n) is 67.6. The van der Waals surface area contributed by atoms with E-state index >= 15 is 0 Å². The average molecular weight is 1940 g/mol. The van der Waals surface area contributed by atoms with Gasteiger partial charge in [0.05, 0.1) is 28.4 Å². The van der Waals surface area contributed by atoms with Gasteiger partial charge in [0, 0.05) is 53.8 Å². The molecule has 0 fully saturated rings. The summed E-state index contributed by atoms with van der Waals surface area (Å²) in [6, 6.07) is 129. The van der Waals surface area contributed by atoms with Gasteiger partial charge in [-0.15, -0.1) is 176 Å². The summed E-state index contributed by atoms with van der Waals surface area (Å²) < 4.78 is 8.31. The van der Waals surface area contributed by atoms with Gasteiger partial charge in [-0.05, 0) is 161 Å². The Morgan fingerprint density at radius 2 is 0.468 bits per heavy atom. The van der Waals surface area contributed by atoms with Gasteiger partial charge < -0.3 is 22.6 Å². The molecule has 0 saturated heterocycles. The van der Waals surface area contributed by atoms with Crippen LogP contribution in [0.1, 0.15) is 22.8 Å². The van der Waals surface area contributed by atoms with Crippen LogP contribution in [0.25, 0.3) is 222 Å². The van der Waals surface area contributed by atoms with Gasteiger partial charge in [0.1, 0.15) is 0 Å². The topological polar surface area (TPSA) is 95.0 Å². The summed E-state index contributed by atoms with van der Waals surface area (Å²) in [5, 5.41) is 8.27. The van der Waals surface area contributed by atoms with Crippen LogP contribution in [-0.4, -0.2) is 47.5 Å². The van der Waals surface area contributed by atoms with Crippen molar-refractivity contribution in [3.8, 4) is 156 Å². The number of hydrogen-bond donors (Lipinski definition) is 0. The maximum Gasteiger partial charge on any atom is 3.00 e. The van der Waals surface area contributed by atoms with Crippen molar-refractivity contribution in [1.29, 1.82) is 0 Å². The summed E-state index contributed by atoms with van der Waals surface area (Å²) in [6.45, 7) is 8.12. The van der Waals surface area contributed by atoms with Crippen LogP contribution < -0.4 is 0 Å². The Hall–Kier alpha value is -14.7. The van der Waals surface area contributed by atoms with Crippen LogP contribution in [-0.2, 0) is 40.2 Å². The molecular weight excluding hydrogens is 1870 g/mol. The molecule has 0 atom stereocenters. The van der Waals surface area contributed by atoms with Gasteiger partial charge in [0.25, 0.3) is 0 Å². The summed E-state index contributed by atoms with van der Waals surface area (Å²) >= 11 is 0. The van der Waals surface area contributed by atoms with E-state index in [4.69, 9.17) is 29.9 Å². The van der Waals surface area contributed by atoms with E-state index in [1.165, 1.54) is 0 Å². The first-order valence-corrected chi connectivity index (χ1v) is 41.0. The molecule has 12 heteroatoms. The van der Waals surface area contributed by atoms with Gasteiger partial charge in [-0.3, -0.25) is 24.9 Å². The van der Waals surface area contributed by atoms with Crippen LogP contribution in [0.4, 0.5) is 0 Å². The molecule has 0 N–H and O–H groups in total. The summed E-state index contributed by atoms with van der Waals surface area (Å²) in [6.07, 6.45) is 18.4. The number of fused-ring (bicyclic) bond motifs is 12. The van der Waals surface area contributed by atoms with Gasteiger partial charge >= 0.3 is 40.2 Å². The van der Waals surface area contributed by atoms with E-state index in [0.717, 1.165) is 239 Å². The molecule has 0 aliphatic rings. The van der Waals surface area contributed by atoms with Gasteiger partial charge in [-0.1, -0.05) is 243 Å². The molecule has 14 aromatic carbocycles. The molecule has 586 valence electrons. The van der Waals surface area contributed by atoms with Crippen molar-refractivity contribution in [2.24, 2.45) is 0 Å². The standard InChI is InChI=1S/C112H70N10.2Ir/c1-69-65-119-51-46-81-55-77(37-41-103(81)109(119)114-69)93-19-7-13-25-99(93)87-59-85(60-88(63-87)100-26-14-8-20-94(100)78-38-42-104-82(56-78)47-52-120-66-70(2)115-110(104)120)97-23-11-5-17-91(97)73-29-33-75(34-30-73)107-45-50-113-108(118-107)76-35-31-74(32-36-76)92-18-6-12-24-98(92)86-61-89(101-27-15-9-21-95(101)79-39-43-105-83(57-79)48-53-121-67-71(3)116-111(105)121)64-90(62-86)102-28-16-10-22-96(102)80-40-44-106-84(58-80)49-54-122-68-72(4)117-112(106)122;;/h5-33,35,37-40,45-68H,1-4H3;;/q-6;2*+3. The molecule has 0 bridgehead atoms. The first-order chi connectivity index (χ1) is 60.0. The second kappa shape index (κ2) is 31.4. The number of benzene rings is 14. The Labute approximate surface area is 743 Å². The van der Waals surface area contributed by atoms with E-state index in [-0.39, 0.29) is 40.2 Å². The maximum atomic E-state index is 5.23. The molecular formula is C112H70Ir2N10. The average Bonchev–Trinajstić information content (AvgIpc) is 1.43. The minimum absolute atomic E-state index is 0. The van der Waals surface area contributed by atoms with Crippen molar-refractivity contribution in [3.05, 3.63) is 412 Å². The summed E-state index contributed by atoms with van der Waals surface area (Å²) in [5.74, 6) is 0.565. The van der Waals surface area contributed by atoms with Gasteiger partial charge in [-0.2, -0.15) is 0 Å². The zero-order chi connectivity index (χ0) is 81.2. The van der Waals surface area contributed by atoms with E-state index < -0.39 is 0 Å². The quantitative estimate of drug-likeness (QED) is 0.101. The predicted molar refractivity (Wildman–Crippen MR) is 495 cm³/mol. The molecule has 0 unspecified atom stereocenters. The number of hydrogen-bond acceptors (Lipinski definition) is 6. The van der Waals surface area contributed by atoms with Crippen LogP contribution in [0.2, 0.25) is 0 Å².